The Morgan fingerprint density at radius 3 is 2.82 bits per heavy atom. The first-order valence-corrected chi connectivity index (χ1v) is 6.54. The number of hydrogen-bond donors (Lipinski definition) is 1. The molecule has 1 aromatic rings. The van der Waals surface area contributed by atoms with Gasteiger partial charge in [-0.05, 0) is 44.3 Å². The maximum atomic E-state index is 4.46. The van der Waals surface area contributed by atoms with E-state index in [1.165, 1.54) is 18.4 Å². The summed E-state index contributed by atoms with van der Waals surface area (Å²) in [4.78, 5) is 11.2. The van der Waals surface area contributed by atoms with Crippen molar-refractivity contribution in [2.45, 2.75) is 26.2 Å². The van der Waals surface area contributed by atoms with E-state index >= 15 is 0 Å². The van der Waals surface area contributed by atoms with Gasteiger partial charge in [-0.15, -0.1) is 0 Å². The van der Waals surface area contributed by atoms with Gasteiger partial charge in [0.15, 0.2) is 0 Å². The summed E-state index contributed by atoms with van der Waals surface area (Å²) in [7, 11) is 2.02. The van der Waals surface area contributed by atoms with Gasteiger partial charge < -0.3 is 10.2 Å². The van der Waals surface area contributed by atoms with Crippen molar-refractivity contribution in [3.63, 3.8) is 0 Å². The lowest BCUT2D eigenvalue weighted by atomic mass is 9.98. The SMILES string of the molecule is CCc1cnc(N2CCCC(CNC)C2)nc1. The molecule has 0 amide bonds. The van der Waals surface area contributed by atoms with Crippen LogP contribution in [-0.4, -0.2) is 36.6 Å². The van der Waals surface area contributed by atoms with Gasteiger partial charge in [-0.1, -0.05) is 6.92 Å². The summed E-state index contributed by atoms with van der Waals surface area (Å²) in [5, 5.41) is 3.26. The lowest BCUT2D eigenvalue weighted by Gasteiger charge is -2.32. The largest absolute Gasteiger partial charge is 0.341 e. The van der Waals surface area contributed by atoms with Crippen LogP contribution >= 0.6 is 0 Å². The average molecular weight is 234 g/mol. The molecule has 0 aliphatic carbocycles. The monoisotopic (exact) mass is 234 g/mol. The Morgan fingerprint density at radius 2 is 2.18 bits per heavy atom. The highest BCUT2D eigenvalue weighted by atomic mass is 15.3. The molecule has 2 rings (SSSR count). The molecule has 1 aliphatic heterocycles. The molecule has 94 valence electrons. The Hall–Kier alpha value is -1.16. The molecule has 4 nitrogen and oxygen atoms in total. The Labute approximate surface area is 103 Å². The van der Waals surface area contributed by atoms with E-state index in [1.807, 2.05) is 19.4 Å². The summed E-state index contributed by atoms with van der Waals surface area (Å²) in [6.45, 7) is 5.38. The van der Waals surface area contributed by atoms with Crippen LogP contribution in [0.3, 0.4) is 0 Å². The molecule has 0 spiro atoms. The van der Waals surface area contributed by atoms with Crippen molar-refractivity contribution in [2.24, 2.45) is 5.92 Å². The smallest absolute Gasteiger partial charge is 0.225 e. The fourth-order valence-electron chi connectivity index (χ4n) is 2.40. The summed E-state index contributed by atoms with van der Waals surface area (Å²) in [6.07, 6.45) is 7.45. The predicted molar refractivity (Wildman–Crippen MR) is 70.3 cm³/mol. The number of rotatable bonds is 4. The maximum Gasteiger partial charge on any atom is 0.225 e. The molecule has 0 aromatic carbocycles. The number of nitrogens with one attached hydrogen (secondary N) is 1. The first-order valence-electron chi connectivity index (χ1n) is 6.54. The van der Waals surface area contributed by atoms with Crippen LogP contribution in [0.4, 0.5) is 5.95 Å². The predicted octanol–water partition coefficient (Wildman–Crippen LogP) is 1.47. The number of hydrogen-bond acceptors (Lipinski definition) is 4. The van der Waals surface area contributed by atoms with Crippen LogP contribution in [0.5, 0.6) is 0 Å². The van der Waals surface area contributed by atoms with Crippen molar-refractivity contribution in [1.82, 2.24) is 15.3 Å². The molecule has 17 heavy (non-hydrogen) atoms. The molecule has 1 unspecified atom stereocenters. The van der Waals surface area contributed by atoms with Crippen molar-refractivity contribution in [2.75, 3.05) is 31.6 Å². The molecule has 1 fully saturated rings. The third-order valence-corrected chi connectivity index (χ3v) is 3.39. The van der Waals surface area contributed by atoms with Crippen LogP contribution in [0, 0.1) is 5.92 Å². The molecule has 0 bridgehead atoms. The van der Waals surface area contributed by atoms with Crippen molar-refractivity contribution in [3.8, 4) is 0 Å². The number of piperidine rings is 1. The minimum atomic E-state index is 0.725. The molecule has 1 aliphatic rings. The van der Waals surface area contributed by atoms with E-state index in [9.17, 15) is 0 Å². The summed E-state index contributed by atoms with van der Waals surface area (Å²) in [5.74, 6) is 1.62. The summed E-state index contributed by atoms with van der Waals surface area (Å²) in [6, 6.07) is 0. The van der Waals surface area contributed by atoms with Gasteiger partial charge in [0.1, 0.15) is 0 Å². The van der Waals surface area contributed by atoms with Gasteiger partial charge in [-0.2, -0.15) is 0 Å². The quantitative estimate of drug-likeness (QED) is 0.856. The lowest BCUT2D eigenvalue weighted by molar-refractivity contribution is 0.399. The topological polar surface area (TPSA) is 41.1 Å². The van der Waals surface area contributed by atoms with Crippen molar-refractivity contribution < 1.29 is 0 Å². The van der Waals surface area contributed by atoms with E-state index in [0.29, 0.717) is 0 Å². The molecular weight excluding hydrogens is 212 g/mol. The number of anilines is 1. The summed E-state index contributed by atoms with van der Waals surface area (Å²) < 4.78 is 0. The Kier molecular flexibility index (Phi) is 4.31. The first-order chi connectivity index (χ1) is 8.33. The van der Waals surface area contributed by atoms with Gasteiger partial charge in [0.2, 0.25) is 5.95 Å². The maximum absolute atomic E-state index is 4.46. The van der Waals surface area contributed by atoms with Gasteiger partial charge in [0, 0.05) is 25.5 Å². The fourth-order valence-corrected chi connectivity index (χ4v) is 2.40. The van der Waals surface area contributed by atoms with Crippen LogP contribution in [0.2, 0.25) is 0 Å². The molecule has 4 heteroatoms. The fraction of sp³-hybridized carbons (Fsp3) is 0.692. The Balaban J connectivity index is 2.00. The first kappa shape index (κ1) is 12.3. The lowest BCUT2D eigenvalue weighted by Crippen LogP contribution is -2.39. The van der Waals surface area contributed by atoms with E-state index in [0.717, 1.165) is 37.9 Å². The molecule has 1 atom stereocenters. The van der Waals surface area contributed by atoms with E-state index in [2.05, 4.69) is 27.1 Å². The average Bonchev–Trinajstić information content (AvgIpc) is 2.40. The second-order valence-electron chi connectivity index (χ2n) is 4.76. The zero-order chi connectivity index (χ0) is 12.1. The zero-order valence-electron chi connectivity index (χ0n) is 10.8. The molecule has 1 N–H and O–H groups in total. The second kappa shape index (κ2) is 5.96. The zero-order valence-corrected chi connectivity index (χ0v) is 10.8. The number of aryl methyl sites for hydroxylation is 1. The van der Waals surface area contributed by atoms with Crippen LogP contribution in [-0.2, 0) is 6.42 Å². The molecule has 1 aromatic heterocycles. The van der Waals surface area contributed by atoms with E-state index < -0.39 is 0 Å². The third kappa shape index (κ3) is 3.16. The summed E-state index contributed by atoms with van der Waals surface area (Å²) >= 11 is 0. The van der Waals surface area contributed by atoms with Crippen molar-refractivity contribution in [3.05, 3.63) is 18.0 Å². The molecular formula is C13H22N4. The highest BCUT2D eigenvalue weighted by molar-refractivity contribution is 5.30. The van der Waals surface area contributed by atoms with E-state index in [1.54, 1.807) is 0 Å². The molecule has 0 radical (unpaired) electrons. The molecule has 2 heterocycles. The molecule has 0 saturated carbocycles. The summed E-state index contributed by atoms with van der Waals surface area (Å²) in [5.41, 5.74) is 1.21. The van der Waals surface area contributed by atoms with Gasteiger partial charge in [-0.25, -0.2) is 9.97 Å². The van der Waals surface area contributed by atoms with E-state index in [-0.39, 0.29) is 0 Å². The highest BCUT2D eigenvalue weighted by Gasteiger charge is 2.20. The number of nitrogens with zero attached hydrogens (tertiary/aromatic N) is 3. The van der Waals surface area contributed by atoms with Gasteiger partial charge in [-0.3, -0.25) is 0 Å². The highest BCUT2D eigenvalue weighted by Crippen LogP contribution is 2.19. The Morgan fingerprint density at radius 1 is 1.41 bits per heavy atom. The van der Waals surface area contributed by atoms with E-state index in [4.69, 9.17) is 0 Å². The van der Waals surface area contributed by atoms with Crippen molar-refractivity contribution in [1.29, 1.82) is 0 Å². The third-order valence-electron chi connectivity index (χ3n) is 3.39. The van der Waals surface area contributed by atoms with Crippen LogP contribution in [0.25, 0.3) is 0 Å². The van der Waals surface area contributed by atoms with Crippen LogP contribution in [0.15, 0.2) is 12.4 Å². The number of aromatic nitrogens is 2. The van der Waals surface area contributed by atoms with Crippen LogP contribution in [0.1, 0.15) is 25.3 Å². The minimum absolute atomic E-state index is 0.725. The van der Waals surface area contributed by atoms with Gasteiger partial charge in [0.05, 0.1) is 0 Å². The normalized spacial score (nSPS) is 20.6. The van der Waals surface area contributed by atoms with Crippen LogP contribution < -0.4 is 10.2 Å². The second-order valence-corrected chi connectivity index (χ2v) is 4.76. The standard InChI is InChI=1S/C13H22N4/c1-3-11-8-15-13(16-9-11)17-6-4-5-12(10-17)7-14-2/h8-9,12,14H,3-7,10H2,1-2H3. The van der Waals surface area contributed by atoms with Crippen molar-refractivity contribution >= 4 is 5.95 Å². The van der Waals surface area contributed by atoms with Gasteiger partial charge in [0.25, 0.3) is 0 Å². The molecule has 1 saturated heterocycles. The Bertz CT molecular complexity index is 334. The van der Waals surface area contributed by atoms with Gasteiger partial charge >= 0.3 is 0 Å². The minimum Gasteiger partial charge on any atom is -0.341 e.